The number of aliphatic hydroxyl groups excluding tert-OH is 1. The fraction of sp³-hybridized carbons (Fsp3) is 0.792. The van der Waals surface area contributed by atoms with Crippen LogP contribution in [0.25, 0.3) is 0 Å². The summed E-state index contributed by atoms with van der Waals surface area (Å²) in [5.74, 6) is -1.76. The number of rotatable bonds is 11. The maximum absolute atomic E-state index is 13.6. The molecule has 1 aliphatic carbocycles. The van der Waals surface area contributed by atoms with Gasteiger partial charge in [-0.1, -0.05) is 25.5 Å². The van der Waals surface area contributed by atoms with Gasteiger partial charge in [0.25, 0.3) is 0 Å². The van der Waals surface area contributed by atoms with E-state index in [1.165, 1.54) is 0 Å². The second-order valence-electron chi connectivity index (χ2n) is 9.23. The smallest absolute Gasteiger partial charge is 0.243 e. The van der Waals surface area contributed by atoms with E-state index in [4.69, 9.17) is 4.74 Å². The van der Waals surface area contributed by atoms with Gasteiger partial charge >= 0.3 is 0 Å². The molecule has 0 unspecified atom stereocenters. The van der Waals surface area contributed by atoms with Crippen molar-refractivity contribution in [3.05, 3.63) is 12.2 Å². The molecule has 3 amide bonds. The van der Waals surface area contributed by atoms with E-state index in [0.29, 0.717) is 39.1 Å². The summed E-state index contributed by atoms with van der Waals surface area (Å²) < 4.78 is 5.37. The van der Waals surface area contributed by atoms with Gasteiger partial charge < -0.3 is 25.4 Å². The largest absolute Gasteiger partial charge is 0.396 e. The average molecular weight is 465 g/mol. The maximum Gasteiger partial charge on any atom is 0.243 e. The quantitative estimate of drug-likeness (QED) is 0.293. The fourth-order valence-electron chi connectivity index (χ4n) is 5.53. The van der Waals surface area contributed by atoms with Gasteiger partial charge in [-0.2, -0.15) is 0 Å². The highest BCUT2D eigenvalue weighted by atomic mass is 16.5. The number of carbonyl (C=O) groups excluding carboxylic acids is 3. The molecule has 3 rings (SSSR count). The minimum Gasteiger partial charge on any atom is -0.396 e. The molecule has 3 aliphatic rings. The predicted octanol–water partition coefficient (Wildman–Crippen LogP) is -0.00120. The van der Waals surface area contributed by atoms with Gasteiger partial charge in [-0.05, 0) is 25.2 Å². The number of nitrogens with zero attached hydrogens (tertiary/aromatic N) is 2. The molecular weight excluding hydrogens is 424 g/mol. The zero-order valence-electron chi connectivity index (χ0n) is 20.0. The van der Waals surface area contributed by atoms with Crippen LogP contribution in [0.15, 0.2) is 12.2 Å². The molecule has 2 fully saturated rings. The first-order valence-corrected chi connectivity index (χ1v) is 12.4. The fourth-order valence-corrected chi connectivity index (χ4v) is 5.53. The molecule has 2 aliphatic heterocycles. The number of unbranched alkanes of at least 4 members (excludes halogenated alkanes) is 1. The standard InChI is InChI=1S/C24H40N4O5/c1-3-6-17-7-8-18-20(19(17)22(30)25-2)24(32)28(10-4-5-14-29)21(18)23(31)26-9-11-27-12-15-33-16-13-27/h7-8,17-21,29H,3-6,9-16H2,1-2H3,(H,25,30)(H,26,31)/t17-,18+,19-,20-,21+/m1/s1. The zero-order chi connectivity index (χ0) is 23.8. The van der Waals surface area contributed by atoms with Crippen LogP contribution in [0.3, 0.4) is 0 Å². The molecule has 9 heteroatoms. The highest BCUT2D eigenvalue weighted by molar-refractivity contribution is 5.96. The van der Waals surface area contributed by atoms with Crippen molar-refractivity contribution >= 4 is 17.7 Å². The molecule has 0 saturated carbocycles. The number of likely N-dealkylation sites (tertiary alicyclic amines) is 1. The Labute approximate surface area is 196 Å². The van der Waals surface area contributed by atoms with Gasteiger partial charge in [-0.3, -0.25) is 19.3 Å². The number of morpholine rings is 1. The number of allylic oxidation sites excluding steroid dienone is 1. The lowest BCUT2D eigenvalue weighted by Crippen LogP contribution is -2.49. The van der Waals surface area contributed by atoms with Crippen molar-refractivity contribution in [2.75, 3.05) is 59.6 Å². The third-order valence-electron chi connectivity index (χ3n) is 7.19. The van der Waals surface area contributed by atoms with Crippen LogP contribution in [0, 0.1) is 23.7 Å². The molecule has 0 spiro atoms. The first kappa shape index (κ1) is 25.6. The second-order valence-corrected chi connectivity index (χ2v) is 9.23. The highest BCUT2D eigenvalue weighted by Gasteiger charge is 2.56. The zero-order valence-corrected chi connectivity index (χ0v) is 20.0. The number of nitrogens with one attached hydrogen (secondary N) is 2. The van der Waals surface area contributed by atoms with Gasteiger partial charge in [0.15, 0.2) is 0 Å². The van der Waals surface area contributed by atoms with E-state index in [0.717, 1.165) is 32.5 Å². The van der Waals surface area contributed by atoms with Crippen LogP contribution in [-0.4, -0.2) is 98.3 Å². The SMILES string of the molecule is CCC[C@@H]1C=C[C@H]2[C@@H](C(=O)N(CCCCO)[C@@H]2C(=O)NCCN2CCOCC2)[C@@H]1C(=O)NC. The van der Waals surface area contributed by atoms with E-state index < -0.39 is 17.9 Å². The van der Waals surface area contributed by atoms with E-state index >= 15 is 0 Å². The molecule has 0 bridgehead atoms. The Balaban J connectivity index is 1.77. The van der Waals surface area contributed by atoms with Gasteiger partial charge in [0, 0.05) is 52.3 Å². The molecule has 0 aromatic heterocycles. The molecule has 0 aromatic carbocycles. The molecule has 9 nitrogen and oxygen atoms in total. The lowest BCUT2D eigenvalue weighted by atomic mass is 9.68. The van der Waals surface area contributed by atoms with Gasteiger partial charge in [0.1, 0.15) is 6.04 Å². The molecule has 0 radical (unpaired) electrons. The number of amides is 3. The lowest BCUT2D eigenvalue weighted by Gasteiger charge is -2.34. The minimum atomic E-state index is -0.628. The lowest BCUT2D eigenvalue weighted by molar-refractivity contribution is -0.140. The summed E-state index contributed by atoms with van der Waals surface area (Å²) >= 11 is 0. The van der Waals surface area contributed by atoms with Crippen molar-refractivity contribution < 1.29 is 24.2 Å². The predicted molar refractivity (Wildman–Crippen MR) is 124 cm³/mol. The number of carbonyl (C=O) groups is 3. The summed E-state index contributed by atoms with van der Waals surface area (Å²) in [6, 6.07) is -0.628. The Morgan fingerprint density at radius 3 is 2.58 bits per heavy atom. The molecule has 3 N–H and O–H groups in total. The van der Waals surface area contributed by atoms with Crippen molar-refractivity contribution in [1.29, 1.82) is 0 Å². The van der Waals surface area contributed by atoms with Crippen molar-refractivity contribution in [3.8, 4) is 0 Å². The van der Waals surface area contributed by atoms with Gasteiger partial charge in [0.05, 0.1) is 25.0 Å². The second kappa shape index (κ2) is 12.5. The van der Waals surface area contributed by atoms with E-state index in [1.807, 2.05) is 12.2 Å². The van der Waals surface area contributed by atoms with Gasteiger partial charge in [-0.15, -0.1) is 0 Å². The van der Waals surface area contributed by atoms with E-state index in [1.54, 1.807) is 11.9 Å². The average Bonchev–Trinajstić information content (AvgIpc) is 3.11. The normalized spacial score (nSPS) is 29.7. The Bertz CT molecular complexity index is 709. The summed E-state index contributed by atoms with van der Waals surface area (Å²) in [6.45, 7) is 6.89. The van der Waals surface area contributed by atoms with Crippen LogP contribution in [0.1, 0.15) is 32.6 Å². The summed E-state index contributed by atoms with van der Waals surface area (Å²) in [7, 11) is 1.60. The Morgan fingerprint density at radius 1 is 1.15 bits per heavy atom. The van der Waals surface area contributed by atoms with Crippen LogP contribution >= 0.6 is 0 Å². The molecule has 5 atom stereocenters. The summed E-state index contributed by atoms with van der Waals surface area (Å²) in [5, 5.41) is 15.0. The van der Waals surface area contributed by atoms with Crippen molar-refractivity contribution in [2.24, 2.45) is 23.7 Å². The first-order chi connectivity index (χ1) is 16.0. The highest BCUT2D eigenvalue weighted by Crippen LogP contribution is 2.45. The van der Waals surface area contributed by atoms with Crippen molar-refractivity contribution in [2.45, 2.75) is 38.6 Å². The van der Waals surface area contributed by atoms with E-state index in [9.17, 15) is 19.5 Å². The number of fused-ring (bicyclic) bond motifs is 1. The topological polar surface area (TPSA) is 111 Å². The number of aliphatic hydroxyl groups is 1. The van der Waals surface area contributed by atoms with Gasteiger partial charge in [-0.25, -0.2) is 0 Å². The van der Waals surface area contributed by atoms with E-state index in [2.05, 4.69) is 22.5 Å². The van der Waals surface area contributed by atoms with Crippen LogP contribution in [0.2, 0.25) is 0 Å². The van der Waals surface area contributed by atoms with Crippen LogP contribution in [0.4, 0.5) is 0 Å². The van der Waals surface area contributed by atoms with Crippen LogP contribution < -0.4 is 10.6 Å². The van der Waals surface area contributed by atoms with Gasteiger partial charge in [0.2, 0.25) is 17.7 Å². The van der Waals surface area contributed by atoms with E-state index in [-0.39, 0.29) is 36.2 Å². The number of hydrogen-bond donors (Lipinski definition) is 3. The molecule has 186 valence electrons. The van der Waals surface area contributed by atoms with Crippen LogP contribution in [0.5, 0.6) is 0 Å². The maximum atomic E-state index is 13.6. The molecule has 2 saturated heterocycles. The Hall–Kier alpha value is -1.97. The number of hydrogen-bond acceptors (Lipinski definition) is 6. The molecular formula is C24H40N4O5. The Kier molecular flexibility index (Phi) is 9.70. The van der Waals surface area contributed by atoms with Crippen LogP contribution in [-0.2, 0) is 19.1 Å². The summed E-state index contributed by atoms with van der Waals surface area (Å²) in [6.07, 6.45) is 6.97. The number of ether oxygens (including phenoxy) is 1. The third-order valence-corrected chi connectivity index (χ3v) is 7.19. The minimum absolute atomic E-state index is 0.0115. The summed E-state index contributed by atoms with van der Waals surface area (Å²) in [4.78, 5) is 43.7. The molecule has 0 aromatic rings. The molecule has 2 heterocycles. The Morgan fingerprint density at radius 2 is 1.91 bits per heavy atom. The monoisotopic (exact) mass is 464 g/mol. The third kappa shape index (κ3) is 5.94. The van der Waals surface area contributed by atoms with Crippen molar-refractivity contribution in [3.63, 3.8) is 0 Å². The first-order valence-electron chi connectivity index (χ1n) is 12.4. The van der Waals surface area contributed by atoms with Crippen molar-refractivity contribution in [1.82, 2.24) is 20.4 Å². The summed E-state index contributed by atoms with van der Waals surface area (Å²) in [5.41, 5.74) is 0. The molecule has 33 heavy (non-hydrogen) atoms.